The van der Waals surface area contributed by atoms with Crippen molar-refractivity contribution in [3.05, 3.63) is 6.42 Å². The van der Waals surface area contributed by atoms with E-state index in [-0.39, 0.29) is 76.0 Å². The summed E-state index contributed by atoms with van der Waals surface area (Å²) in [6, 6.07) is 0.182. The Bertz CT molecular complexity index is 264. The molecule has 1 fully saturated rings. The predicted octanol–water partition coefficient (Wildman–Crippen LogP) is 0.868. The molecule has 3 atom stereocenters. The number of likely N-dealkylation sites (N-methyl/N-ethyl adjacent to an activating group) is 1. The first-order valence-corrected chi connectivity index (χ1v) is 5.00. The first-order chi connectivity index (χ1) is 6.28. The quantitative estimate of drug-likeness (QED) is 0.467. The maximum Gasteiger partial charge on any atom is 0.119 e. The summed E-state index contributed by atoms with van der Waals surface area (Å²) in [6.45, 7) is 7.63. The molecule has 0 amide bonds. The van der Waals surface area contributed by atoms with Gasteiger partial charge in [-0.2, -0.15) is 0 Å². The van der Waals surface area contributed by atoms with Gasteiger partial charge in [0.2, 0.25) is 0 Å². The summed E-state index contributed by atoms with van der Waals surface area (Å²) in [5, 5.41) is 9.36. The Kier molecular flexibility index (Phi) is 7.97. The Hall–Kier alpha value is 1.33. The maximum absolute atomic E-state index is 11.6. The van der Waals surface area contributed by atoms with E-state index in [9.17, 15) is 9.90 Å². The first kappa shape index (κ1) is 19.7. The topological polar surface area (TPSA) is 40.5 Å². The third-order valence-corrected chi connectivity index (χ3v) is 3.93. The summed E-state index contributed by atoms with van der Waals surface area (Å²) < 4.78 is 0. The number of hydrogen-bond acceptors (Lipinski definition) is 3. The minimum absolute atomic E-state index is 0. The van der Waals surface area contributed by atoms with Crippen LogP contribution in [0.2, 0.25) is 0 Å². The SMILES string of the molecule is CC(=O)C1(C)[CH-]C(C)(CO)C(C)N1C.[U].[W]. The van der Waals surface area contributed by atoms with Gasteiger partial charge in [0.15, 0.2) is 0 Å². The molecule has 92 valence electrons. The zero-order valence-corrected chi connectivity index (χ0v) is 17.7. The van der Waals surface area contributed by atoms with E-state index in [4.69, 9.17) is 0 Å². The van der Waals surface area contributed by atoms with Crippen molar-refractivity contribution in [1.29, 1.82) is 0 Å². The molecule has 0 saturated carbocycles. The number of Topliss-reactive ketones (excluding diaryl/α,β-unsaturated/α-hetero) is 1. The molecular weight excluding hydrogens is 600 g/mol. The molecule has 3 nitrogen and oxygen atoms in total. The van der Waals surface area contributed by atoms with E-state index in [0.29, 0.717) is 0 Å². The summed E-state index contributed by atoms with van der Waals surface area (Å²) in [5.74, 6) is 0.129. The van der Waals surface area contributed by atoms with Crippen molar-refractivity contribution < 1.29 is 62.1 Å². The molecule has 3 unspecified atom stereocenters. The minimum atomic E-state index is -0.531. The van der Waals surface area contributed by atoms with Crippen LogP contribution in [-0.2, 0) is 25.9 Å². The minimum Gasteiger partial charge on any atom is -0.398 e. The van der Waals surface area contributed by atoms with Crippen molar-refractivity contribution in [2.45, 2.75) is 39.3 Å². The third-order valence-electron chi connectivity index (χ3n) is 3.93. The van der Waals surface area contributed by atoms with Gasteiger partial charge in [-0.05, 0) is 25.6 Å². The standard InChI is InChI=1S/C11H20NO2.U.W/c1-8-10(3,7-13)6-11(4,9(2)14)12(8)5;;/h6,8,13H,7H2,1-5H3;;/q-1;;. The van der Waals surface area contributed by atoms with Gasteiger partial charge in [0, 0.05) is 58.8 Å². The molecule has 1 heterocycles. The van der Waals surface area contributed by atoms with Gasteiger partial charge in [-0.25, -0.2) is 0 Å². The number of likely N-dealkylation sites (tertiary alicyclic amines) is 1. The van der Waals surface area contributed by atoms with Crippen LogP contribution in [0.25, 0.3) is 0 Å². The van der Waals surface area contributed by atoms with Crippen LogP contribution in [-0.4, -0.2) is 41.0 Å². The third kappa shape index (κ3) is 3.01. The first-order valence-electron chi connectivity index (χ1n) is 5.00. The van der Waals surface area contributed by atoms with E-state index in [1.54, 1.807) is 6.92 Å². The molecule has 0 bridgehead atoms. The van der Waals surface area contributed by atoms with E-state index in [2.05, 4.69) is 0 Å². The van der Waals surface area contributed by atoms with Crippen LogP contribution in [0.1, 0.15) is 27.7 Å². The molecular formula is C11H20NO2UW-. The number of carbonyl (C=O) groups is 1. The number of carbonyl (C=O) groups excluding carboxylic acids is 1. The second-order valence-electron chi connectivity index (χ2n) is 4.80. The molecule has 1 rings (SSSR count). The summed E-state index contributed by atoms with van der Waals surface area (Å²) >= 11 is 0. The van der Waals surface area contributed by atoms with Gasteiger partial charge in [0.1, 0.15) is 5.78 Å². The summed E-state index contributed by atoms with van der Waals surface area (Å²) in [4.78, 5) is 13.6. The van der Waals surface area contributed by atoms with Gasteiger partial charge in [0.05, 0.1) is 0 Å². The van der Waals surface area contributed by atoms with Crippen LogP contribution in [0.4, 0.5) is 0 Å². The van der Waals surface area contributed by atoms with E-state index in [0.717, 1.165) is 0 Å². The zero-order valence-electron chi connectivity index (χ0n) is 10.6. The van der Waals surface area contributed by atoms with Crippen LogP contribution in [0.15, 0.2) is 0 Å². The molecule has 5 heteroatoms. The maximum atomic E-state index is 11.6. The number of rotatable bonds is 2. The average Bonchev–Trinajstić information content (AvgIpc) is 2.30. The molecule has 1 aliphatic heterocycles. The molecule has 1 N–H and O–H groups in total. The molecule has 1 saturated heterocycles. The number of aliphatic hydroxyl groups excluding tert-OH is 1. The number of aliphatic hydroxyl groups is 1. The van der Waals surface area contributed by atoms with Crippen molar-refractivity contribution in [1.82, 2.24) is 4.90 Å². The van der Waals surface area contributed by atoms with Gasteiger partial charge in [-0.15, -0.1) is 5.41 Å². The van der Waals surface area contributed by atoms with Crippen molar-refractivity contribution in [2.24, 2.45) is 5.41 Å². The molecule has 0 spiro atoms. The molecule has 0 aliphatic carbocycles. The van der Waals surface area contributed by atoms with Crippen molar-refractivity contribution in [2.75, 3.05) is 13.7 Å². The largest absolute Gasteiger partial charge is 0.398 e. The van der Waals surface area contributed by atoms with E-state index in [1.807, 2.05) is 39.1 Å². The number of nitrogens with zero attached hydrogens (tertiary/aromatic N) is 1. The van der Waals surface area contributed by atoms with Crippen LogP contribution in [0.3, 0.4) is 0 Å². The molecule has 0 aromatic carbocycles. The molecule has 1 aliphatic rings. The fourth-order valence-electron chi connectivity index (χ4n) is 2.24. The molecule has 0 radical (unpaired) electrons. The smallest absolute Gasteiger partial charge is 0.119 e. The average molecular weight is 620 g/mol. The second kappa shape index (κ2) is 6.48. The summed E-state index contributed by atoms with van der Waals surface area (Å²) in [5.41, 5.74) is -0.813. The Morgan fingerprint density at radius 2 is 1.94 bits per heavy atom. The predicted molar refractivity (Wildman–Crippen MR) is 55.8 cm³/mol. The number of hydrogen-bond donors (Lipinski definition) is 1. The second-order valence-corrected chi connectivity index (χ2v) is 4.80. The fourth-order valence-corrected chi connectivity index (χ4v) is 2.24. The Labute approximate surface area is 136 Å². The van der Waals surface area contributed by atoms with Crippen molar-refractivity contribution in [3.8, 4) is 0 Å². The Morgan fingerprint density at radius 1 is 1.50 bits per heavy atom. The summed E-state index contributed by atoms with van der Waals surface area (Å²) in [6.07, 6.45) is 1.98. The van der Waals surface area contributed by atoms with Crippen LogP contribution >= 0.6 is 0 Å². The monoisotopic (exact) mass is 620 g/mol. The van der Waals surface area contributed by atoms with Gasteiger partial charge >= 0.3 is 0 Å². The van der Waals surface area contributed by atoms with Crippen molar-refractivity contribution >= 4 is 5.78 Å². The van der Waals surface area contributed by atoms with Gasteiger partial charge in [-0.1, -0.05) is 20.8 Å². The van der Waals surface area contributed by atoms with Gasteiger partial charge in [-0.3, -0.25) is 6.42 Å². The number of ketones is 1. The fraction of sp³-hybridized carbons (Fsp3) is 0.818. The molecule has 16 heavy (non-hydrogen) atoms. The van der Waals surface area contributed by atoms with Crippen LogP contribution in [0, 0.1) is 42.9 Å². The van der Waals surface area contributed by atoms with Crippen LogP contribution in [0.5, 0.6) is 0 Å². The van der Waals surface area contributed by atoms with Gasteiger partial charge in [0.25, 0.3) is 0 Å². The van der Waals surface area contributed by atoms with Gasteiger partial charge < -0.3 is 14.8 Å². The van der Waals surface area contributed by atoms with Crippen LogP contribution < -0.4 is 0 Å². The summed E-state index contributed by atoms with van der Waals surface area (Å²) in [7, 11) is 1.93. The van der Waals surface area contributed by atoms with E-state index >= 15 is 0 Å². The normalized spacial score (nSPS) is 38.8. The van der Waals surface area contributed by atoms with Crippen molar-refractivity contribution in [3.63, 3.8) is 0 Å². The van der Waals surface area contributed by atoms with E-state index < -0.39 is 5.54 Å². The molecule has 0 aromatic rings. The Morgan fingerprint density at radius 3 is 2.12 bits per heavy atom. The zero-order chi connectivity index (χ0) is 11.1. The van der Waals surface area contributed by atoms with E-state index in [1.165, 1.54) is 0 Å². The molecule has 0 aromatic heterocycles. The Balaban J connectivity index is 0.